The summed E-state index contributed by atoms with van der Waals surface area (Å²) in [5.74, 6) is 0.861. The number of nitrogens with zero attached hydrogens (tertiary/aromatic N) is 2. The fraction of sp³-hybridized carbons (Fsp3) is 0.550. The first-order valence-corrected chi connectivity index (χ1v) is 10.9. The quantitative estimate of drug-likeness (QED) is 0.742. The van der Waals surface area contributed by atoms with Gasteiger partial charge in [-0.25, -0.2) is 8.42 Å². The topological polar surface area (TPSA) is 57.7 Å². The average Bonchev–Trinajstić information content (AvgIpc) is 3.15. The average molecular weight is 377 g/mol. The predicted molar refractivity (Wildman–Crippen MR) is 102 cm³/mol. The highest BCUT2D eigenvalue weighted by molar-refractivity contribution is 7.89. The molecule has 0 aromatic heterocycles. The molecule has 1 saturated heterocycles. The third kappa shape index (κ3) is 4.18. The van der Waals surface area contributed by atoms with Crippen molar-refractivity contribution in [1.82, 2.24) is 9.21 Å². The largest absolute Gasteiger partial charge is 0.340 e. The zero-order valence-corrected chi connectivity index (χ0v) is 16.4. The number of hydrogen-bond donors (Lipinski definition) is 0. The summed E-state index contributed by atoms with van der Waals surface area (Å²) < 4.78 is 27.2. The van der Waals surface area contributed by atoms with Crippen molar-refractivity contribution in [2.24, 2.45) is 5.92 Å². The number of carbonyl (C=O) groups is 1. The molecule has 0 radical (unpaired) electrons. The highest BCUT2D eigenvalue weighted by Crippen LogP contribution is 2.23. The molecule has 1 amide bonds. The predicted octanol–water partition coefficient (Wildman–Crippen LogP) is 3.00. The Bertz CT molecular complexity index is 761. The van der Waals surface area contributed by atoms with Gasteiger partial charge in [-0.05, 0) is 42.4 Å². The Hall–Kier alpha value is -1.66. The Labute approximate surface area is 156 Å². The van der Waals surface area contributed by atoms with Crippen molar-refractivity contribution in [3.8, 4) is 0 Å². The molecule has 1 fully saturated rings. The normalized spacial score (nSPS) is 21.5. The van der Waals surface area contributed by atoms with E-state index in [1.165, 1.54) is 4.31 Å². The van der Waals surface area contributed by atoms with E-state index in [4.69, 9.17) is 0 Å². The van der Waals surface area contributed by atoms with Crippen molar-refractivity contribution in [3.63, 3.8) is 0 Å². The van der Waals surface area contributed by atoms with E-state index < -0.39 is 10.0 Å². The molecule has 3 rings (SSSR count). The minimum atomic E-state index is -3.49. The summed E-state index contributed by atoms with van der Waals surface area (Å²) in [6, 6.07) is 7.14. The second kappa shape index (κ2) is 7.92. The Morgan fingerprint density at radius 3 is 2.31 bits per heavy atom. The van der Waals surface area contributed by atoms with Crippen molar-refractivity contribution in [2.75, 3.05) is 26.2 Å². The van der Waals surface area contributed by atoms with E-state index in [2.05, 4.69) is 26.0 Å². The number of benzene rings is 1. The molecule has 1 atom stereocenters. The molecule has 26 heavy (non-hydrogen) atoms. The van der Waals surface area contributed by atoms with Crippen LogP contribution in [0.4, 0.5) is 0 Å². The molecule has 2 aliphatic rings. The molecule has 1 aliphatic heterocycles. The van der Waals surface area contributed by atoms with E-state index in [-0.39, 0.29) is 5.91 Å². The Morgan fingerprint density at radius 1 is 1.12 bits per heavy atom. The van der Waals surface area contributed by atoms with Gasteiger partial charge in [-0.2, -0.15) is 4.31 Å². The molecule has 1 aromatic carbocycles. The van der Waals surface area contributed by atoms with Crippen molar-refractivity contribution in [3.05, 3.63) is 42.0 Å². The van der Waals surface area contributed by atoms with Gasteiger partial charge < -0.3 is 4.90 Å². The summed E-state index contributed by atoms with van der Waals surface area (Å²) in [6.45, 7) is 5.83. The Kier molecular flexibility index (Phi) is 5.82. The molecule has 6 heteroatoms. The molecule has 0 spiro atoms. The van der Waals surface area contributed by atoms with E-state index in [1.807, 2.05) is 12.1 Å². The first-order valence-electron chi connectivity index (χ1n) is 9.42. The Morgan fingerprint density at radius 2 is 1.77 bits per heavy atom. The van der Waals surface area contributed by atoms with Gasteiger partial charge in [0.1, 0.15) is 0 Å². The molecular formula is C20H28N2O3S. The van der Waals surface area contributed by atoms with Gasteiger partial charge in [0.15, 0.2) is 0 Å². The van der Waals surface area contributed by atoms with Crippen molar-refractivity contribution in [2.45, 2.75) is 43.9 Å². The number of rotatable bonds is 5. The van der Waals surface area contributed by atoms with Crippen molar-refractivity contribution >= 4 is 15.9 Å². The smallest absolute Gasteiger partial charge is 0.243 e. The molecule has 1 aliphatic carbocycles. The monoisotopic (exact) mass is 376 g/mol. The van der Waals surface area contributed by atoms with Crippen LogP contribution in [0.1, 0.15) is 44.6 Å². The van der Waals surface area contributed by atoms with Crippen LogP contribution in [0, 0.1) is 5.92 Å². The lowest BCUT2D eigenvalue weighted by molar-refractivity contribution is -0.133. The van der Waals surface area contributed by atoms with Crippen LogP contribution in [0.25, 0.3) is 0 Å². The minimum absolute atomic E-state index is 0.139. The van der Waals surface area contributed by atoms with Crippen LogP contribution in [0.3, 0.4) is 0 Å². The third-order valence-electron chi connectivity index (χ3n) is 5.33. The van der Waals surface area contributed by atoms with Gasteiger partial charge in [0.25, 0.3) is 0 Å². The number of amides is 1. The zero-order chi connectivity index (χ0) is 18.7. The molecule has 142 valence electrons. The van der Waals surface area contributed by atoms with Crippen LogP contribution >= 0.6 is 0 Å². The number of piperazine rings is 1. The van der Waals surface area contributed by atoms with E-state index in [0.29, 0.717) is 49.3 Å². The van der Waals surface area contributed by atoms with Crippen molar-refractivity contribution in [1.29, 1.82) is 0 Å². The van der Waals surface area contributed by atoms with Gasteiger partial charge >= 0.3 is 0 Å². The van der Waals surface area contributed by atoms with Gasteiger partial charge in [0.05, 0.1) is 4.90 Å². The summed E-state index contributed by atoms with van der Waals surface area (Å²) in [5, 5.41) is 0. The van der Waals surface area contributed by atoms with Crippen LogP contribution in [0.5, 0.6) is 0 Å². The van der Waals surface area contributed by atoms with Crippen LogP contribution < -0.4 is 0 Å². The lowest BCUT2D eigenvalue weighted by Crippen LogP contribution is -2.50. The lowest BCUT2D eigenvalue weighted by atomic mass is 10.0. The molecule has 0 bridgehead atoms. The molecule has 0 saturated carbocycles. The van der Waals surface area contributed by atoms with E-state index in [9.17, 15) is 13.2 Å². The fourth-order valence-corrected chi connectivity index (χ4v) is 4.99. The summed E-state index contributed by atoms with van der Waals surface area (Å²) >= 11 is 0. The molecular weight excluding hydrogens is 348 g/mol. The van der Waals surface area contributed by atoms with Gasteiger partial charge in [-0.15, -0.1) is 0 Å². The number of sulfonamides is 1. The maximum atomic E-state index is 12.8. The van der Waals surface area contributed by atoms with Crippen LogP contribution in [0.15, 0.2) is 41.3 Å². The molecule has 5 nitrogen and oxygen atoms in total. The first kappa shape index (κ1) is 19.1. The third-order valence-corrected chi connectivity index (χ3v) is 7.24. The maximum Gasteiger partial charge on any atom is 0.243 e. The summed E-state index contributed by atoms with van der Waals surface area (Å²) in [4.78, 5) is 14.5. The van der Waals surface area contributed by atoms with Gasteiger partial charge in [0.2, 0.25) is 15.9 Å². The lowest BCUT2D eigenvalue weighted by Gasteiger charge is -2.34. The van der Waals surface area contributed by atoms with E-state index in [0.717, 1.165) is 18.4 Å². The summed E-state index contributed by atoms with van der Waals surface area (Å²) in [7, 11) is -3.49. The standard InChI is InChI=1S/C20H28N2O3S/c1-16(2)18-7-9-19(10-8-18)26(24,25)22-13-11-21(12-14-22)20(23)15-17-5-3-4-6-17/h3,5,7-10,16-17H,4,6,11-15H2,1-2H3/t17-/m1/s1. The molecule has 0 unspecified atom stereocenters. The number of carbonyl (C=O) groups excluding carboxylic acids is 1. The Balaban J connectivity index is 1.59. The van der Waals surface area contributed by atoms with E-state index >= 15 is 0 Å². The van der Waals surface area contributed by atoms with Crippen LogP contribution in [-0.4, -0.2) is 49.7 Å². The number of allylic oxidation sites excluding steroid dienone is 2. The van der Waals surface area contributed by atoms with Crippen LogP contribution in [0.2, 0.25) is 0 Å². The molecule has 0 N–H and O–H groups in total. The molecule has 1 heterocycles. The van der Waals surface area contributed by atoms with Gasteiger partial charge in [0, 0.05) is 32.6 Å². The molecule has 1 aromatic rings. The highest BCUT2D eigenvalue weighted by Gasteiger charge is 2.30. The second-order valence-electron chi connectivity index (χ2n) is 7.48. The minimum Gasteiger partial charge on any atom is -0.340 e. The maximum absolute atomic E-state index is 12.8. The summed E-state index contributed by atoms with van der Waals surface area (Å²) in [5.41, 5.74) is 1.13. The second-order valence-corrected chi connectivity index (χ2v) is 9.42. The highest BCUT2D eigenvalue weighted by atomic mass is 32.2. The van der Waals surface area contributed by atoms with Gasteiger partial charge in [-0.3, -0.25) is 4.79 Å². The van der Waals surface area contributed by atoms with Crippen LogP contribution in [-0.2, 0) is 14.8 Å². The van der Waals surface area contributed by atoms with Crippen molar-refractivity contribution < 1.29 is 13.2 Å². The summed E-state index contributed by atoms with van der Waals surface area (Å²) in [6.07, 6.45) is 6.90. The fourth-order valence-electron chi connectivity index (χ4n) is 3.57. The first-order chi connectivity index (χ1) is 12.4. The van der Waals surface area contributed by atoms with E-state index in [1.54, 1.807) is 17.0 Å². The SMILES string of the molecule is CC(C)c1ccc(S(=O)(=O)N2CCN(C(=O)C[C@@H]3C=CCC3)CC2)cc1. The zero-order valence-electron chi connectivity index (χ0n) is 15.6. The number of hydrogen-bond acceptors (Lipinski definition) is 3. The van der Waals surface area contributed by atoms with Gasteiger partial charge in [-0.1, -0.05) is 38.1 Å².